The normalized spacial score (nSPS) is 11.9. The molecule has 1 unspecified atom stereocenters. The number of nitrogens with one attached hydrogen (secondary N) is 1. The standard InChI is InChI=1S/C20H21BrFN5O/c1-14(15-3-6-18(7-4-15)27-13-23-12-25-27)26(2)20(28)24-10-9-16-11-17(21)5-8-19(16)22/h3-8,11-14H,9-10H2,1-2H3,(H,24,28). The van der Waals surface area contributed by atoms with Gasteiger partial charge in [-0.15, -0.1) is 0 Å². The van der Waals surface area contributed by atoms with Gasteiger partial charge in [-0.1, -0.05) is 28.1 Å². The van der Waals surface area contributed by atoms with Crippen LogP contribution in [0.1, 0.15) is 24.1 Å². The van der Waals surface area contributed by atoms with Crippen LogP contribution in [-0.4, -0.2) is 39.3 Å². The Hall–Kier alpha value is -2.74. The maximum atomic E-state index is 13.8. The van der Waals surface area contributed by atoms with Crippen LogP contribution < -0.4 is 5.32 Å². The Bertz CT molecular complexity index is 930. The highest BCUT2D eigenvalue weighted by atomic mass is 79.9. The van der Waals surface area contributed by atoms with Gasteiger partial charge in [0.2, 0.25) is 0 Å². The Balaban J connectivity index is 1.55. The number of aromatic nitrogens is 3. The fraction of sp³-hybridized carbons (Fsp3) is 0.250. The summed E-state index contributed by atoms with van der Waals surface area (Å²) in [6.45, 7) is 2.31. The molecule has 1 atom stereocenters. The summed E-state index contributed by atoms with van der Waals surface area (Å²) in [4.78, 5) is 18.0. The quantitative estimate of drug-likeness (QED) is 0.620. The molecule has 0 aliphatic heterocycles. The number of nitrogens with zero attached hydrogens (tertiary/aromatic N) is 4. The first-order valence-corrected chi connectivity index (χ1v) is 9.64. The number of carbonyl (C=O) groups excluding carboxylic acids is 1. The van der Waals surface area contributed by atoms with Crippen LogP contribution in [0.4, 0.5) is 9.18 Å². The minimum atomic E-state index is -0.272. The lowest BCUT2D eigenvalue weighted by atomic mass is 10.1. The molecule has 146 valence electrons. The van der Waals surface area contributed by atoms with Crippen molar-refractivity contribution < 1.29 is 9.18 Å². The average Bonchev–Trinajstić information content (AvgIpc) is 3.24. The van der Waals surface area contributed by atoms with Crippen molar-refractivity contribution in [2.75, 3.05) is 13.6 Å². The highest BCUT2D eigenvalue weighted by Gasteiger charge is 2.17. The lowest BCUT2D eigenvalue weighted by Gasteiger charge is -2.26. The largest absolute Gasteiger partial charge is 0.338 e. The molecule has 1 aromatic heterocycles. The van der Waals surface area contributed by atoms with Crippen LogP contribution in [0.25, 0.3) is 5.69 Å². The molecule has 28 heavy (non-hydrogen) atoms. The van der Waals surface area contributed by atoms with Crippen molar-refractivity contribution in [2.45, 2.75) is 19.4 Å². The topological polar surface area (TPSA) is 63.1 Å². The molecular formula is C20H21BrFN5O. The van der Waals surface area contributed by atoms with E-state index in [1.54, 1.807) is 35.1 Å². The third-order valence-corrected chi connectivity index (χ3v) is 5.13. The van der Waals surface area contributed by atoms with E-state index in [-0.39, 0.29) is 17.9 Å². The molecule has 3 aromatic rings. The van der Waals surface area contributed by atoms with E-state index >= 15 is 0 Å². The second kappa shape index (κ2) is 8.97. The highest BCUT2D eigenvalue weighted by molar-refractivity contribution is 9.10. The van der Waals surface area contributed by atoms with E-state index in [4.69, 9.17) is 0 Å². The molecule has 0 aliphatic rings. The third-order valence-electron chi connectivity index (χ3n) is 4.64. The van der Waals surface area contributed by atoms with Gasteiger partial charge in [0.05, 0.1) is 11.7 Å². The second-order valence-electron chi connectivity index (χ2n) is 6.44. The van der Waals surface area contributed by atoms with Crippen LogP contribution in [-0.2, 0) is 6.42 Å². The molecule has 2 amide bonds. The number of halogens is 2. The molecular weight excluding hydrogens is 425 g/mol. The van der Waals surface area contributed by atoms with Crippen molar-refractivity contribution in [3.8, 4) is 5.69 Å². The first kappa shape index (κ1) is 20.0. The smallest absolute Gasteiger partial charge is 0.317 e. The van der Waals surface area contributed by atoms with Crippen molar-refractivity contribution in [3.63, 3.8) is 0 Å². The number of urea groups is 1. The maximum Gasteiger partial charge on any atom is 0.317 e. The molecule has 0 aliphatic carbocycles. The van der Waals surface area contributed by atoms with E-state index in [1.807, 2.05) is 31.2 Å². The van der Waals surface area contributed by atoms with Gasteiger partial charge in [0, 0.05) is 18.1 Å². The van der Waals surface area contributed by atoms with Crippen molar-refractivity contribution >= 4 is 22.0 Å². The van der Waals surface area contributed by atoms with E-state index in [0.29, 0.717) is 18.5 Å². The molecule has 6 nitrogen and oxygen atoms in total. The van der Waals surface area contributed by atoms with Crippen molar-refractivity contribution in [2.24, 2.45) is 0 Å². The summed E-state index contributed by atoms with van der Waals surface area (Å²) in [6.07, 6.45) is 3.53. The molecule has 8 heteroatoms. The summed E-state index contributed by atoms with van der Waals surface area (Å²) in [5.41, 5.74) is 2.46. The maximum absolute atomic E-state index is 13.8. The number of amides is 2. The minimum absolute atomic E-state index is 0.118. The van der Waals surface area contributed by atoms with Crippen LogP contribution in [0.15, 0.2) is 59.6 Å². The fourth-order valence-corrected chi connectivity index (χ4v) is 3.22. The lowest BCUT2D eigenvalue weighted by molar-refractivity contribution is 0.194. The first-order chi connectivity index (χ1) is 13.5. The molecule has 1 N–H and O–H groups in total. The molecule has 0 spiro atoms. The lowest BCUT2D eigenvalue weighted by Crippen LogP contribution is -2.39. The predicted molar refractivity (Wildman–Crippen MR) is 109 cm³/mol. The summed E-state index contributed by atoms with van der Waals surface area (Å²) < 4.78 is 16.3. The van der Waals surface area contributed by atoms with Crippen LogP contribution >= 0.6 is 15.9 Å². The van der Waals surface area contributed by atoms with Gasteiger partial charge in [-0.25, -0.2) is 18.9 Å². The van der Waals surface area contributed by atoms with Gasteiger partial charge < -0.3 is 10.2 Å². The molecule has 1 heterocycles. The third kappa shape index (κ3) is 4.75. The summed E-state index contributed by atoms with van der Waals surface area (Å²) in [7, 11) is 1.74. The van der Waals surface area contributed by atoms with Gasteiger partial charge in [0.1, 0.15) is 18.5 Å². The number of hydrogen-bond donors (Lipinski definition) is 1. The number of rotatable bonds is 6. The molecule has 0 saturated carbocycles. The second-order valence-corrected chi connectivity index (χ2v) is 7.35. The van der Waals surface area contributed by atoms with Gasteiger partial charge in [0.25, 0.3) is 0 Å². The summed E-state index contributed by atoms with van der Waals surface area (Å²) in [6, 6.07) is 12.3. The zero-order chi connectivity index (χ0) is 20.1. The van der Waals surface area contributed by atoms with Gasteiger partial charge in [-0.05, 0) is 54.8 Å². The van der Waals surface area contributed by atoms with Crippen molar-refractivity contribution in [1.29, 1.82) is 0 Å². The summed E-state index contributed by atoms with van der Waals surface area (Å²) in [5.74, 6) is -0.272. The Morgan fingerprint density at radius 3 is 2.71 bits per heavy atom. The van der Waals surface area contributed by atoms with E-state index in [0.717, 1.165) is 15.7 Å². The molecule has 3 rings (SSSR count). The summed E-state index contributed by atoms with van der Waals surface area (Å²) >= 11 is 3.33. The van der Waals surface area contributed by atoms with Crippen molar-refractivity contribution in [1.82, 2.24) is 25.0 Å². The predicted octanol–water partition coefficient (Wildman–Crippen LogP) is 4.11. The molecule has 0 saturated heterocycles. The van der Waals surface area contributed by atoms with Gasteiger partial charge in [0.15, 0.2) is 0 Å². The highest BCUT2D eigenvalue weighted by Crippen LogP contribution is 2.20. The number of carbonyl (C=O) groups is 1. The molecule has 0 bridgehead atoms. The molecule has 0 radical (unpaired) electrons. The Kier molecular flexibility index (Phi) is 6.41. The summed E-state index contributed by atoms with van der Waals surface area (Å²) in [5, 5.41) is 6.94. The number of hydrogen-bond acceptors (Lipinski definition) is 3. The Morgan fingerprint density at radius 1 is 1.29 bits per heavy atom. The van der Waals surface area contributed by atoms with E-state index in [2.05, 4.69) is 31.3 Å². The Morgan fingerprint density at radius 2 is 2.04 bits per heavy atom. The zero-order valence-corrected chi connectivity index (χ0v) is 17.2. The zero-order valence-electron chi connectivity index (χ0n) is 15.6. The molecule has 0 fully saturated rings. The van der Waals surface area contributed by atoms with E-state index < -0.39 is 0 Å². The van der Waals surface area contributed by atoms with Crippen LogP contribution in [0, 0.1) is 5.82 Å². The van der Waals surface area contributed by atoms with Gasteiger partial charge >= 0.3 is 6.03 Å². The first-order valence-electron chi connectivity index (χ1n) is 8.85. The minimum Gasteiger partial charge on any atom is -0.338 e. The van der Waals surface area contributed by atoms with Gasteiger partial charge in [-0.2, -0.15) is 5.10 Å². The van der Waals surface area contributed by atoms with E-state index in [9.17, 15) is 9.18 Å². The van der Waals surface area contributed by atoms with Crippen LogP contribution in [0.5, 0.6) is 0 Å². The number of benzene rings is 2. The van der Waals surface area contributed by atoms with Crippen LogP contribution in [0.2, 0.25) is 0 Å². The van der Waals surface area contributed by atoms with Crippen molar-refractivity contribution in [3.05, 3.63) is 76.5 Å². The van der Waals surface area contributed by atoms with E-state index in [1.165, 1.54) is 12.4 Å². The Labute approximate surface area is 171 Å². The average molecular weight is 446 g/mol. The monoisotopic (exact) mass is 445 g/mol. The van der Waals surface area contributed by atoms with Gasteiger partial charge in [-0.3, -0.25) is 0 Å². The molecule has 2 aromatic carbocycles. The SMILES string of the molecule is CC(c1ccc(-n2cncn2)cc1)N(C)C(=O)NCCc1cc(Br)ccc1F. The van der Waals surface area contributed by atoms with Crippen LogP contribution in [0.3, 0.4) is 0 Å². The fourth-order valence-electron chi connectivity index (χ4n) is 2.81.